The van der Waals surface area contributed by atoms with Crippen molar-refractivity contribution in [2.45, 2.75) is 32.1 Å². The van der Waals surface area contributed by atoms with Crippen molar-refractivity contribution in [3.05, 3.63) is 59.9 Å². The normalized spacial score (nSPS) is 14.9. The van der Waals surface area contributed by atoms with Gasteiger partial charge in [0.25, 0.3) is 0 Å². The van der Waals surface area contributed by atoms with Gasteiger partial charge >= 0.3 is 0 Å². The minimum atomic E-state index is -0.557. The lowest BCUT2D eigenvalue weighted by Gasteiger charge is -2.16. The predicted molar refractivity (Wildman–Crippen MR) is 95.9 cm³/mol. The van der Waals surface area contributed by atoms with E-state index in [1.165, 1.54) is 12.1 Å². The van der Waals surface area contributed by atoms with E-state index in [-0.39, 0.29) is 23.5 Å². The SMILES string of the molecule is CC(C)C(=O)Nc1ccc(NC(=O)C2(c3ccc(F)cc3)CC2)cc1. The molecule has 4 nitrogen and oxygen atoms in total. The second-order valence-electron chi connectivity index (χ2n) is 6.76. The molecule has 1 saturated carbocycles. The summed E-state index contributed by atoms with van der Waals surface area (Å²) < 4.78 is 13.1. The Morgan fingerprint density at radius 1 is 0.920 bits per heavy atom. The Morgan fingerprint density at radius 3 is 1.92 bits per heavy atom. The highest BCUT2D eigenvalue weighted by molar-refractivity contribution is 6.01. The Kier molecular flexibility index (Phi) is 4.57. The molecule has 2 N–H and O–H groups in total. The fraction of sp³-hybridized carbons (Fsp3) is 0.300. The van der Waals surface area contributed by atoms with Crippen LogP contribution in [-0.2, 0) is 15.0 Å². The smallest absolute Gasteiger partial charge is 0.235 e. The van der Waals surface area contributed by atoms with E-state index in [0.717, 1.165) is 18.4 Å². The molecule has 1 aliphatic carbocycles. The van der Waals surface area contributed by atoms with Crippen LogP contribution in [-0.4, -0.2) is 11.8 Å². The van der Waals surface area contributed by atoms with E-state index in [9.17, 15) is 14.0 Å². The monoisotopic (exact) mass is 340 g/mol. The topological polar surface area (TPSA) is 58.2 Å². The molecule has 1 aliphatic rings. The maximum absolute atomic E-state index is 13.1. The number of hydrogen-bond acceptors (Lipinski definition) is 2. The number of hydrogen-bond donors (Lipinski definition) is 2. The maximum atomic E-state index is 13.1. The van der Waals surface area contributed by atoms with Crippen LogP contribution in [0.2, 0.25) is 0 Å². The maximum Gasteiger partial charge on any atom is 0.235 e. The zero-order chi connectivity index (χ0) is 18.0. The van der Waals surface area contributed by atoms with Gasteiger partial charge in [-0.15, -0.1) is 0 Å². The highest BCUT2D eigenvalue weighted by atomic mass is 19.1. The highest BCUT2D eigenvalue weighted by Crippen LogP contribution is 2.49. The van der Waals surface area contributed by atoms with Gasteiger partial charge in [0, 0.05) is 17.3 Å². The summed E-state index contributed by atoms with van der Waals surface area (Å²) in [6.07, 6.45) is 1.51. The largest absolute Gasteiger partial charge is 0.326 e. The molecule has 0 saturated heterocycles. The van der Waals surface area contributed by atoms with Crippen LogP contribution in [0, 0.1) is 11.7 Å². The van der Waals surface area contributed by atoms with E-state index >= 15 is 0 Å². The molecule has 2 aromatic rings. The molecule has 0 spiro atoms. The van der Waals surface area contributed by atoms with Gasteiger partial charge in [-0.05, 0) is 54.8 Å². The van der Waals surface area contributed by atoms with E-state index in [0.29, 0.717) is 11.4 Å². The summed E-state index contributed by atoms with van der Waals surface area (Å²) >= 11 is 0. The van der Waals surface area contributed by atoms with Gasteiger partial charge < -0.3 is 10.6 Å². The van der Waals surface area contributed by atoms with Crippen LogP contribution in [0.5, 0.6) is 0 Å². The second kappa shape index (κ2) is 6.67. The van der Waals surface area contributed by atoms with Crippen LogP contribution in [0.1, 0.15) is 32.3 Å². The number of carbonyl (C=O) groups excluding carboxylic acids is 2. The van der Waals surface area contributed by atoms with Crippen molar-refractivity contribution in [3.63, 3.8) is 0 Å². The average molecular weight is 340 g/mol. The van der Waals surface area contributed by atoms with Crippen molar-refractivity contribution in [2.75, 3.05) is 10.6 Å². The van der Waals surface area contributed by atoms with E-state index in [1.54, 1.807) is 36.4 Å². The quantitative estimate of drug-likeness (QED) is 0.861. The summed E-state index contributed by atoms with van der Waals surface area (Å²) in [5, 5.41) is 5.72. The lowest BCUT2D eigenvalue weighted by molar-refractivity contribution is -0.119. The third-order valence-corrected chi connectivity index (χ3v) is 4.52. The van der Waals surface area contributed by atoms with Crippen LogP contribution >= 0.6 is 0 Å². The number of anilines is 2. The average Bonchev–Trinajstić information content (AvgIpc) is 3.39. The first-order valence-corrected chi connectivity index (χ1v) is 8.39. The Labute approximate surface area is 146 Å². The molecule has 25 heavy (non-hydrogen) atoms. The van der Waals surface area contributed by atoms with Crippen molar-refractivity contribution in [1.82, 2.24) is 0 Å². The molecule has 0 aromatic heterocycles. The fourth-order valence-electron chi connectivity index (χ4n) is 2.71. The van der Waals surface area contributed by atoms with E-state index in [4.69, 9.17) is 0 Å². The third kappa shape index (κ3) is 3.71. The standard InChI is InChI=1S/C20H21FN2O2/c1-13(2)18(24)22-16-7-9-17(10-8-16)23-19(25)20(11-12-20)14-3-5-15(21)6-4-14/h3-10,13H,11-12H2,1-2H3,(H,22,24)(H,23,25). The van der Waals surface area contributed by atoms with E-state index < -0.39 is 5.41 Å². The first-order chi connectivity index (χ1) is 11.9. The Bertz CT molecular complexity index is 778. The molecule has 0 unspecified atom stereocenters. The van der Waals surface area contributed by atoms with Crippen LogP contribution in [0.25, 0.3) is 0 Å². The first-order valence-electron chi connectivity index (χ1n) is 8.39. The summed E-state index contributed by atoms with van der Waals surface area (Å²) in [7, 11) is 0. The van der Waals surface area contributed by atoms with Crippen molar-refractivity contribution in [1.29, 1.82) is 0 Å². The molecular formula is C20H21FN2O2. The van der Waals surface area contributed by atoms with Crippen molar-refractivity contribution in [2.24, 2.45) is 5.92 Å². The van der Waals surface area contributed by atoms with Crippen molar-refractivity contribution < 1.29 is 14.0 Å². The molecule has 130 valence electrons. The van der Waals surface area contributed by atoms with Crippen LogP contribution < -0.4 is 10.6 Å². The second-order valence-corrected chi connectivity index (χ2v) is 6.76. The molecule has 0 atom stereocenters. The number of carbonyl (C=O) groups is 2. The van der Waals surface area contributed by atoms with Gasteiger partial charge in [-0.1, -0.05) is 26.0 Å². The van der Waals surface area contributed by atoms with E-state index in [1.807, 2.05) is 13.8 Å². The summed E-state index contributed by atoms with van der Waals surface area (Å²) in [5.74, 6) is -0.535. The highest BCUT2D eigenvalue weighted by Gasteiger charge is 2.51. The first kappa shape index (κ1) is 17.1. The van der Waals surface area contributed by atoms with Crippen LogP contribution in [0.15, 0.2) is 48.5 Å². The molecular weight excluding hydrogens is 319 g/mol. The number of nitrogens with one attached hydrogen (secondary N) is 2. The Balaban J connectivity index is 1.67. The lowest BCUT2D eigenvalue weighted by Crippen LogP contribution is -2.27. The summed E-state index contributed by atoms with van der Waals surface area (Å²) in [4.78, 5) is 24.3. The minimum absolute atomic E-state index is 0.0509. The number of amides is 2. The molecule has 1 fully saturated rings. The van der Waals surface area contributed by atoms with Gasteiger partial charge in [0.15, 0.2) is 0 Å². The molecule has 0 bridgehead atoms. The van der Waals surface area contributed by atoms with Crippen molar-refractivity contribution in [3.8, 4) is 0 Å². The number of rotatable bonds is 5. The van der Waals surface area contributed by atoms with Gasteiger partial charge in [0.2, 0.25) is 11.8 Å². The summed E-state index contributed by atoms with van der Waals surface area (Å²) in [5.41, 5.74) is 1.64. The predicted octanol–water partition coefficient (Wildman–Crippen LogP) is 4.09. The van der Waals surface area contributed by atoms with Crippen LogP contribution in [0.3, 0.4) is 0 Å². The van der Waals surface area contributed by atoms with Gasteiger partial charge in [0.05, 0.1) is 5.41 Å². The summed E-state index contributed by atoms with van der Waals surface area (Å²) in [6, 6.07) is 13.1. The van der Waals surface area contributed by atoms with Crippen molar-refractivity contribution >= 4 is 23.2 Å². The molecule has 3 rings (SSSR count). The van der Waals surface area contributed by atoms with Gasteiger partial charge in [-0.25, -0.2) is 4.39 Å². The third-order valence-electron chi connectivity index (χ3n) is 4.52. The van der Waals surface area contributed by atoms with Gasteiger partial charge in [-0.3, -0.25) is 9.59 Å². The molecule has 0 aliphatic heterocycles. The van der Waals surface area contributed by atoms with Gasteiger partial charge in [0.1, 0.15) is 5.82 Å². The summed E-state index contributed by atoms with van der Waals surface area (Å²) in [6.45, 7) is 3.66. The zero-order valence-corrected chi connectivity index (χ0v) is 14.3. The molecule has 5 heteroatoms. The number of halogens is 1. The number of benzene rings is 2. The molecule has 2 aromatic carbocycles. The molecule has 2 amide bonds. The van der Waals surface area contributed by atoms with E-state index in [2.05, 4.69) is 10.6 Å². The Morgan fingerprint density at radius 2 is 1.44 bits per heavy atom. The Hall–Kier alpha value is -2.69. The molecule has 0 radical (unpaired) electrons. The zero-order valence-electron chi connectivity index (χ0n) is 14.3. The minimum Gasteiger partial charge on any atom is -0.326 e. The lowest BCUT2D eigenvalue weighted by atomic mass is 9.95. The fourth-order valence-corrected chi connectivity index (χ4v) is 2.71. The molecule has 0 heterocycles. The van der Waals surface area contributed by atoms with Gasteiger partial charge in [-0.2, -0.15) is 0 Å². The van der Waals surface area contributed by atoms with Crippen LogP contribution in [0.4, 0.5) is 15.8 Å².